The maximum absolute atomic E-state index is 12.0. The molecule has 0 radical (unpaired) electrons. The zero-order chi connectivity index (χ0) is 17.5. The van der Waals surface area contributed by atoms with Crippen molar-refractivity contribution >= 4 is 49.9 Å². The molecule has 1 aromatic heterocycles. The summed E-state index contributed by atoms with van der Waals surface area (Å²) in [4.78, 5) is 23.8. The fourth-order valence-electron chi connectivity index (χ4n) is 1.96. The van der Waals surface area contributed by atoms with Gasteiger partial charge >= 0.3 is 0 Å². The van der Waals surface area contributed by atoms with Crippen LogP contribution in [0.4, 0.5) is 10.8 Å². The number of rotatable bonds is 7. The Balaban J connectivity index is 1.79. The predicted octanol–water partition coefficient (Wildman–Crippen LogP) is 3.92. The second kappa shape index (κ2) is 8.89. The molecule has 0 bridgehead atoms. The standard InChI is InChI=1S/C16H19BrN4O2S/c1-3-4-15-20-21-16(24-15)19-14(23)8-7-13(22)18-12-6-5-10(2)9-11(12)17/h5-6,9H,3-4,7-8H2,1-2H3,(H,18,22)(H,19,21,23). The number of aromatic nitrogens is 2. The fraction of sp³-hybridized carbons (Fsp3) is 0.375. The number of nitrogens with zero attached hydrogens (tertiary/aromatic N) is 2. The molecule has 24 heavy (non-hydrogen) atoms. The van der Waals surface area contributed by atoms with Crippen molar-refractivity contribution in [1.82, 2.24) is 10.2 Å². The van der Waals surface area contributed by atoms with Crippen LogP contribution in [0.5, 0.6) is 0 Å². The van der Waals surface area contributed by atoms with Gasteiger partial charge in [-0.3, -0.25) is 9.59 Å². The SMILES string of the molecule is CCCc1nnc(NC(=O)CCC(=O)Nc2ccc(C)cc2Br)s1. The number of halogens is 1. The summed E-state index contributed by atoms with van der Waals surface area (Å²) in [6.07, 6.45) is 2.03. The highest BCUT2D eigenvalue weighted by atomic mass is 79.9. The molecule has 0 aliphatic rings. The molecule has 0 saturated carbocycles. The molecule has 0 fully saturated rings. The van der Waals surface area contributed by atoms with Crippen molar-refractivity contribution in [3.63, 3.8) is 0 Å². The molecule has 2 aromatic rings. The van der Waals surface area contributed by atoms with Crippen LogP contribution in [0.3, 0.4) is 0 Å². The minimum atomic E-state index is -0.243. The Labute approximate surface area is 153 Å². The molecule has 0 saturated heterocycles. The van der Waals surface area contributed by atoms with Gasteiger partial charge in [0.05, 0.1) is 5.69 Å². The average molecular weight is 411 g/mol. The first kappa shape index (κ1) is 18.5. The van der Waals surface area contributed by atoms with E-state index < -0.39 is 0 Å². The molecular weight excluding hydrogens is 392 g/mol. The number of amides is 2. The maximum atomic E-state index is 12.0. The van der Waals surface area contributed by atoms with E-state index in [1.165, 1.54) is 11.3 Å². The molecule has 0 unspecified atom stereocenters. The van der Waals surface area contributed by atoms with Crippen LogP contribution in [0.15, 0.2) is 22.7 Å². The summed E-state index contributed by atoms with van der Waals surface area (Å²) < 4.78 is 0.817. The summed E-state index contributed by atoms with van der Waals surface area (Å²) >= 11 is 4.77. The minimum Gasteiger partial charge on any atom is -0.325 e. The van der Waals surface area contributed by atoms with E-state index in [1.54, 1.807) is 0 Å². The van der Waals surface area contributed by atoms with Crippen molar-refractivity contribution in [2.24, 2.45) is 0 Å². The van der Waals surface area contributed by atoms with E-state index in [2.05, 4.69) is 43.7 Å². The molecule has 128 valence electrons. The second-order valence-corrected chi connectivity index (χ2v) is 7.25. The fourth-order valence-corrected chi connectivity index (χ4v) is 3.41. The van der Waals surface area contributed by atoms with Gasteiger partial charge in [-0.1, -0.05) is 24.3 Å². The van der Waals surface area contributed by atoms with E-state index >= 15 is 0 Å². The molecule has 2 rings (SSSR count). The van der Waals surface area contributed by atoms with Crippen LogP contribution >= 0.6 is 27.3 Å². The van der Waals surface area contributed by atoms with Gasteiger partial charge in [-0.15, -0.1) is 10.2 Å². The minimum absolute atomic E-state index is 0.0952. The van der Waals surface area contributed by atoms with Crippen molar-refractivity contribution in [2.45, 2.75) is 39.5 Å². The van der Waals surface area contributed by atoms with E-state index in [0.717, 1.165) is 27.9 Å². The first-order valence-corrected chi connectivity index (χ1v) is 9.27. The molecular formula is C16H19BrN4O2S. The summed E-state index contributed by atoms with van der Waals surface area (Å²) in [5.41, 5.74) is 1.79. The Kier molecular flexibility index (Phi) is 6.86. The van der Waals surface area contributed by atoms with Crippen molar-refractivity contribution < 1.29 is 9.59 Å². The quantitative estimate of drug-likeness (QED) is 0.724. The highest BCUT2D eigenvalue weighted by molar-refractivity contribution is 9.10. The highest BCUT2D eigenvalue weighted by Gasteiger charge is 2.11. The third kappa shape index (κ3) is 5.68. The van der Waals surface area contributed by atoms with Gasteiger partial charge in [0.25, 0.3) is 0 Å². The molecule has 1 aromatic carbocycles. The van der Waals surface area contributed by atoms with Gasteiger partial charge in [-0.2, -0.15) is 0 Å². The van der Waals surface area contributed by atoms with Crippen LogP contribution in [0, 0.1) is 6.92 Å². The van der Waals surface area contributed by atoms with Gasteiger partial charge in [0.1, 0.15) is 5.01 Å². The van der Waals surface area contributed by atoms with E-state index in [9.17, 15) is 9.59 Å². The third-order valence-corrected chi connectivity index (χ3v) is 4.71. The topological polar surface area (TPSA) is 84.0 Å². The molecule has 2 amide bonds. The number of carbonyl (C=O) groups excluding carboxylic acids is 2. The lowest BCUT2D eigenvalue weighted by atomic mass is 10.2. The van der Waals surface area contributed by atoms with Gasteiger partial charge in [0.15, 0.2) is 0 Å². The molecule has 2 N–H and O–H groups in total. The second-order valence-electron chi connectivity index (χ2n) is 5.33. The number of anilines is 2. The molecule has 0 aliphatic heterocycles. The summed E-state index contributed by atoms with van der Waals surface area (Å²) in [6, 6.07) is 5.66. The molecule has 0 aliphatic carbocycles. The Morgan fingerprint density at radius 1 is 1.17 bits per heavy atom. The van der Waals surface area contributed by atoms with Crippen molar-refractivity contribution in [3.05, 3.63) is 33.2 Å². The van der Waals surface area contributed by atoms with Gasteiger partial charge in [-0.25, -0.2) is 0 Å². The smallest absolute Gasteiger partial charge is 0.226 e. The van der Waals surface area contributed by atoms with Crippen LogP contribution in [0.2, 0.25) is 0 Å². The Morgan fingerprint density at radius 2 is 1.88 bits per heavy atom. The number of hydrogen-bond acceptors (Lipinski definition) is 5. The van der Waals surface area contributed by atoms with Crippen molar-refractivity contribution in [3.8, 4) is 0 Å². The van der Waals surface area contributed by atoms with Crippen LogP contribution in [0.25, 0.3) is 0 Å². The van der Waals surface area contributed by atoms with Crippen molar-refractivity contribution in [1.29, 1.82) is 0 Å². The lowest BCUT2D eigenvalue weighted by Gasteiger charge is -2.08. The Hall–Kier alpha value is -1.80. The predicted molar refractivity (Wildman–Crippen MR) is 99.3 cm³/mol. The zero-order valence-corrected chi connectivity index (χ0v) is 16.0. The third-order valence-electron chi connectivity index (χ3n) is 3.15. The van der Waals surface area contributed by atoms with Gasteiger partial charge in [-0.05, 0) is 47.0 Å². The average Bonchev–Trinajstić information content (AvgIpc) is 2.95. The number of carbonyl (C=O) groups is 2. The molecule has 8 heteroatoms. The Morgan fingerprint density at radius 3 is 2.54 bits per heavy atom. The largest absolute Gasteiger partial charge is 0.325 e. The molecule has 6 nitrogen and oxygen atoms in total. The van der Waals surface area contributed by atoms with Crippen LogP contribution in [-0.2, 0) is 16.0 Å². The lowest BCUT2D eigenvalue weighted by molar-refractivity contribution is -0.121. The number of aryl methyl sites for hydroxylation is 2. The zero-order valence-electron chi connectivity index (χ0n) is 13.6. The highest BCUT2D eigenvalue weighted by Crippen LogP contribution is 2.23. The lowest BCUT2D eigenvalue weighted by Crippen LogP contribution is -2.17. The van der Waals surface area contributed by atoms with E-state index in [-0.39, 0.29) is 24.7 Å². The number of benzene rings is 1. The molecule has 1 heterocycles. The number of hydrogen-bond donors (Lipinski definition) is 2. The van der Waals surface area contributed by atoms with Crippen LogP contribution < -0.4 is 10.6 Å². The Bertz CT molecular complexity index is 733. The molecule has 0 spiro atoms. The first-order chi connectivity index (χ1) is 11.5. The maximum Gasteiger partial charge on any atom is 0.226 e. The summed E-state index contributed by atoms with van der Waals surface area (Å²) in [5.74, 6) is -0.453. The molecule has 0 atom stereocenters. The summed E-state index contributed by atoms with van der Waals surface area (Å²) in [6.45, 7) is 4.03. The van der Waals surface area contributed by atoms with E-state index in [4.69, 9.17) is 0 Å². The van der Waals surface area contributed by atoms with Gasteiger partial charge < -0.3 is 10.6 Å². The summed E-state index contributed by atoms with van der Waals surface area (Å²) in [5, 5.41) is 14.8. The van der Waals surface area contributed by atoms with Crippen LogP contribution in [-0.4, -0.2) is 22.0 Å². The normalized spacial score (nSPS) is 10.5. The van der Waals surface area contributed by atoms with Crippen molar-refractivity contribution in [2.75, 3.05) is 10.6 Å². The van der Waals surface area contributed by atoms with Crippen LogP contribution in [0.1, 0.15) is 36.8 Å². The number of nitrogens with one attached hydrogen (secondary N) is 2. The van der Waals surface area contributed by atoms with Gasteiger partial charge in [0.2, 0.25) is 16.9 Å². The summed E-state index contributed by atoms with van der Waals surface area (Å²) in [7, 11) is 0. The van der Waals surface area contributed by atoms with Gasteiger partial charge in [0, 0.05) is 23.7 Å². The first-order valence-electron chi connectivity index (χ1n) is 7.66. The monoisotopic (exact) mass is 410 g/mol. The van der Waals surface area contributed by atoms with E-state index in [0.29, 0.717) is 10.8 Å². The van der Waals surface area contributed by atoms with E-state index in [1.807, 2.05) is 25.1 Å².